The first-order chi connectivity index (χ1) is 12.9. The third kappa shape index (κ3) is 4.69. The quantitative estimate of drug-likeness (QED) is 0.752. The van der Waals surface area contributed by atoms with Crippen LogP contribution in [0.3, 0.4) is 0 Å². The number of hydrogen-bond donors (Lipinski definition) is 1. The highest BCUT2D eigenvalue weighted by Gasteiger charge is 2.10. The van der Waals surface area contributed by atoms with Crippen LogP contribution in [-0.2, 0) is 13.1 Å². The number of nitrogens with one attached hydrogen (secondary N) is 1. The Kier molecular flexibility index (Phi) is 5.49. The van der Waals surface area contributed by atoms with Crippen LogP contribution in [0, 0.1) is 19.7 Å². The van der Waals surface area contributed by atoms with Crippen molar-refractivity contribution >= 4 is 6.03 Å². The second-order valence-electron chi connectivity index (χ2n) is 6.51. The van der Waals surface area contributed by atoms with Gasteiger partial charge >= 0.3 is 6.03 Å². The van der Waals surface area contributed by atoms with Gasteiger partial charge in [-0.3, -0.25) is 0 Å². The average molecular weight is 367 g/mol. The molecule has 0 saturated heterocycles. The summed E-state index contributed by atoms with van der Waals surface area (Å²) in [5, 5.41) is 7.24. The highest BCUT2D eigenvalue weighted by Crippen LogP contribution is 2.10. The minimum absolute atomic E-state index is 0.234. The molecule has 0 radical (unpaired) electrons. The molecule has 2 amide bonds. The van der Waals surface area contributed by atoms with E-state index in [9.17, 15) is 9.18 Å². The number of amides is 2. The van der Waals surface area contributed by atoms with Crippen molar-refractivity contribution in [3.05, 3.63) is 77.0 Å². The van der Waals surface area contributed by atoms with Gasteiger partial charge in [-0.05, 0) is 49.2 Å². The zero-order valence-electron chi connectivity index (χ0n) is 15.6. The number of halogens is 1. The van der Waals surface area contributed by atoms with E-state index in [0.29, 0.717) is 13.1 Å². The number of rotatable bonds is 5. The molecule has 3 aromatic rings. The summed E-state index contributed by atoms with van der Waals surface area (Å²) in [5.74, 6) is 0.425. The van der Waals surface area contributed by atoms with E-state index in [1.807, 2.05) is 32.0 Å². The second kappa shape index (κ2) is 7.99. The first kappa shape index (κ1) is 18.6. The molecule has 6 nitrogen and oxygen atoms in total. The summed E-state index contributed by atoms with van der Waals surface area (Å²) < 4.78 is 15.0. The predicted octanol–water partition coefficient (Wildman–Crippen LogP) is 3.36. The lowest BCUT2D eigenvalue weighted by molar-refractivity contribution is 0.206. The maximum Gasteiger partial charge on any atom is 0.317 e. The maximum absolute atomic E-state index is 13.2. The predicted molar refractivity (Wildman–Crippen MR) is 101 cm³/mol. The lowest BCUT2D eigenvalue weighted by Gasteiger charge is -2.18. The zero-order valence-corrected chi connectivity index (χ0v) is 15.6. The Bertz CT molecular complexity index is 936. The van der Waals surface area contributed by atoms with Gasteiger partial charge in [0.2, 0.25) is 0 Å². The molecule has 2 aromatic heterocycles. The number of carbonyl (C=O) groups excluding carboxylic acids is 1. The van der Waals surface area contributed by atoms with Gasteiger partial charge in [0.25, 0.3) is 0 Å². The normalized spacial score (nSPS) is 10.7. The molecular formula is C20H22FN5O. The zero-order chi connectivity index (χ0) is 19.4. The largest absolute Gasteiger partial charge is 0.334 e. The van der Waals surface area contributed by atoms with E-state index in [0.717, 1.165) is 28.3 Å². The van der Waals surface area contributed by atoms with Crippen molar-refractivity contribution in [2.24, 2.45) is 0 Å². The third-order valence-corrected chi connectivity index (χ3v) is 4.13. The van der Waals surface area contributed by atoms with Crippen LogP contribution in [0.5, 0.6) is 0 Å². The molecule has 0 spiro atoms. The number of hydrogen-bond acceptors (Lipinski definition) is 3. The summed E-state index contributed by atoms with van der Waals surface area (Å²) >= 11 is 0. The van der Waals surface area contributed by atoms with Crippen molar-refractivity contribution in [2.75, 3.05) is 7.05 Å². The topological polar surface area (TPSA) is 63.1 Å². The van der Waals surface area contributed by atoms with Crippen LogP contribution in [-0.4, -0.2) is 32.7 Å². The number of aromatic nitrogens is 3. The maximum atomic E-state index is 13.2. The van der Waals surface area contributed by atoms with E-state index < -0.39 is 0 Å². The number of pyridine rings is 1. The fourth-order valence-corrected chi connectivity index (χ4v) is 2.80. The van der Waals surface area contributed by atoms with Gasteiger partial charge in [0, 0.05) is 32.0 Å². The molecule has 7 heteroatoms. The number of urea groups is 1. The molecule has 2 heterocycles. The lowest BCUT2D eigenvalue weighted by Crippen LogP contribution is -2.36. The lowest BCUT2D eigenvalue weighted by atomic mass is 10.2. The van der Waals surface area contributed by atoms with E-state index in [4.69, 9.17) is 0 Å². The molecule has 1 aromatic carbocycles. The summed E-state index contributed by atoms with van der Waals surface area (Å²) in [6.45, 7) is 4.60. The van der Waals surface area contributed by atoms with E-state index >= 15 is 0 Å². The van der Waals surface area contributed by atoms with Crippen molar-refractivity contribution < 1.29 is 9.18 Å². The van der Waals surface area contributed by atoms with E-state index in [1.165, 1.54) is 17.0 Å². The van der Waals surface area contributed by atoms with Gasteiger partial charge in [-0.1, -0.05) is 18.2 Å². The molecule has 3 rings (SSSR count). The molecule has 0 bridgehead atoms. The highest BCUT2D eigenvalue weighted by molar-refractivity contribution is 5.73. The van der Waals surface area contributed by atoms with Gasteiger partial charge in [0.05, 0.1) is 5.69 Å². The van der Waals surface area contributed by atoms with Gasteiger partial charge in [0.1, 0.15) is 5.82 Å². The van der Waals surface area contributed by atoms with Gasteiger partial charge in [0.15, 0.2) is 5.82 Å². The number of carbonyl (C=O) groups is 1. The Hall–Kier alpha value is -3.22. The molecule has 0 unspecified atom stereocenters. The van der Waals surface area contributed by atoms with Crippen LogP contribution in [0.2, 0.25) is 0 Å². The smallest absolute Gasteiger partial charge is 0.317 e. The van der Waals surface area contributed by atoms with Gasteiger partial charge in [-0.2, -0.15) is 5.10 Å². The second-order valence-corrected chi connectivity index (χ2v) is 6.51. The van der Waals surface area contributed by atoms with Crippen molar-refractivity contribution in [2.45, 2.75) is 26.9 Å². The Morgan fingerprint density at radius 3 is 2.63 bits per heavy atom. The highest BCUT2D eigenvalue weighted by atomic mass is 19.1. The first-order valence-electron chi connectivity index (χ1n) is 8.64. The van der Waals surface area contributed by atoms with Crippen molar-refractivity contribution in [3.8, 4) is 5.82 Å². The van der Waals surface area contributed by atoms with Crippen LogP contribution in [0.1, 0.15) is 22.5 Å². The summed E-state index contributed by atoms with van der Waals surface area (Å²) in [6, 6.07) is 11.8. The minimum Gasteiger partial charge on any atom is -0.334 e. The van der Waals surface area contributed by atoms with Crippen LogP contribution in [0.15, 0.2) is 48.7 Å². The molecular weight excluding hydrogens is 345 g/mol. The Morgan fingerprint density at radius 2 is 2.00 bits per heavy atom. The molecule has 140 valence electrons. The molecule has 27 heavy (non-hydrogen) atoms. The fraction of sp³-hybridized carbons (Fsp3) is 0.250. The standard InChI is InChI=1S/C20H22FN5O/c1-14-9-15(2)26(24-14)19-8-7-17(11-22-19)12-23-20(27)25(3)13-16-5-4-6-18(21)10-16/h4-11H,12-13H2,1-3H3,(H,23,27). The minimum atomic E-state index is -0.310. The number of aryl methyl sites for hydroxylation is 2. The molecule has 1 N–H and O–H groups in total. The van der Waals surface area contributed by atoms with Gasteiger partial charge in [-0.25, -0.2) is 18.9 Å². The van der Waals surface area contributed by atoms with Gasteiger partial charge in [-0.15, -0.1) is 0 Å². The van der Waals surface area contributed by atoms with E-state index in [2.05, 4.69) is 15.4 Å². The third-order valence-electron chi connectivity index (χ3n) is 4.13. The fourth-order valence-electron chi connectivity index (χ4n) is 2.80. The molecule has 0 saturated carbocycles. The van der Waals surface area contributed by atoms with Crippen LogP contribution >= 0.6 is 0 Å². The summed E-state index contributed by atoms with van der Waals surface area (Å²) in [6.07, 6.45) is 1.72. The van der Waals surface area contributed by atoms with E-state index in [1.54, 1.807) is 30.1 Å². The number of benzene rings is 1. The summed E-state index contributed by atoms with van der Waals surface area (Å²) in [5.41, 5.74) is 3.57. The summed E-state index contributed by atoms with van der Waals surface area (Å²) in [4.78, 5) is 18.2. The first-order valence-corrected chi connectivity index (χ1v) is 8.64. The monoisotopic (exact) mass is 367 g/mol. The Labute approximate surface area is 157 Å². The van der Waals surface area contributed by atoms with Crippen molar-refractivity contribution in [3.63, 3.8) is 0 Å². The molecule has 0 aliphatic rings. The number of nitrogens with zero attached hydrogens (tertiary/aromatic N) is 4. The molecule has 0 fully saturated rings. The SMILES string of the molecule is Cc1cc(C)n(-c2ccc(CNC(=O)N(C)Cc3cccc(F)c3)cn2)n1. The van der Waals surface area contributed by atoms with E-state index in [-0.39, 0.29) is 11.8 Å². The molecule has 0 atom stereocenters. The van der Waals surface area contributed by atoms with Crippen LogP contribution < -0.4 is 5.32 Å². The average Bonchev–Trinajstić information content (AvgIpc) is 2.98. The summed E-state index contributed by atoms with van der Waals surface area (Å²) in [7, 11) is 1.67. The van der Waals surface area contributed by atoms with Crippen molar-refractivity contribution in [1.29, 1.82) is 0 Å². The van der Waals surface area contributed by atoms with Crippen LogP contribution in [0.25, 0.3) is 5.82 Å². The van der Waals surface area contributed by atoms with Gasteiger partial charge < -0.3 is 10.2 Å². The van der Waals surface area contributed by atoms with Crippen LogP contribution in [0.4, 0.5) is 9.18 Å². The molecule has 0 aliphatic carbocycles. The Balaban J connectivity index is 1.56. The Morgan fingerprint density at radius 1 is 1.19 bits per heavy atom. The molecule has 0 aliphatic heterocycles. The van der Waals surface area contributed by atoms with Crippen molar-refractivity contribution in [1.82, 2.24) is 25.0 Å².